The van der Waals surface area contributed by atoms with Crippen LogP contribution >= 0.6 is 0 Å². The van der Waals surface area contributed by atoms with E-state index >= 15 is 0 Å². The summed E-state index contributed by atoms with van der Waals surface area (Å²) >= 11 is 0. The first-order chi connectivity index (χ1) is 11.2. The number of fused-ring (bicyclic) bond motifs is 1. The average molecular weight is 323 g/mol. The molecule has 0 spiro atoms. The maximum absolute atomic E-state index is 13.2. The quantitative estimate of drug-likeness (QED) is 0.847. The number of halogens is 2. The number of morpholine rings is 1. The van der Waals surface area contributed by atoms with Gasteiger partial charge in [-0.25, -0.2) is 18.7 Å². The fourth-order valence-corrected chi connectivity index (χ4v) is 2.82. The molecule has 124 valence electrons. The third-order valence-corrected chi connectivity index (χ3v) is 3.95. The number of ether oxygens (including phenoxy) is 2. The number of para-hydroxylation sites is 1. The summed E-state index contributed by atoms with van der Waals surface area (Å²) in [6.07, 6.45) is -1.95. The highest BCUT2D eigenvalue weighted by molar-refractivity contribution is 5.89. The molecule has 23 heavy (non-hydrogen) atoms. The van der Waals surface area contributed by atoms with Crippen molar-refractivity contribution in [1.29, 1.82) is 0 Å². The van der Waals surface area contributed by atoms with Crippen LogP contribution in [0.2, 0.25) is 0 Å². The second-order valence-corrected chi connectivity index (χ2v) is 5.43. The molecule has 1 aromatic heterocycles. The number of methoxy groups -OCH3 is 1. The smallest absolute Gasteiger partial charge is 0.297 e. The van der Waals surface area contributed by atoms with Crippen molar-refractivity contribution in [3.8, 4) is 0 Å². The molecule has 1 aliphatic rings. The molecular weight excluding hydrogens is 304 g/mol. The number of alkyl halides is 2. The number of hydrogen-bond donors (Lipinski definition) is 0. The molecule has 0 N–H and O–H groups in total. The molecule has 1 atom stereocenters. The van der Waals surface area contributed by atoms with Crippen molar-refractivity contribution in [3.05, 3.63) is 30.1 Å². The van der Waals surface area contributed by atoms with Crippen molar-refractivity contribution >= 4 is 16.7 Å². The van der Waals surface area contributed by atoms with Crippen molar-refractivity contribution in [2.45, 2.75) is 18.9 Å². The predicted molar refractivity (Wildman–Crippen MR) is 82.9 cm³/mol. The molecule has 7 heteroatoms. The van der Waals surface area contributed by atoms with Gasteiger partial charge in [-0.15, -0.1) is 0 Å². The van der Waals surface area contributed by atoms with Gasteiger partial charge >= 0.3 is 0 Å². The molecule has 0 amide bonds. The number of hydrogen-bond acceptors (Lipinski definition) is 5. The maximum atomic E-state index is 13.2. The Hall–Kier alpha value is -1.86. The SMILES string of the molecule is COCC[C@H]1COCCN1c1nc(C(F)F)nc2ccccc12. The molecule has 2 heterocycles. The Labute approximate surface area is 133 Å². The molecule has 0 radical (unpaired) electrons. The van der Waals surface area contributed by atoms with Crippen LogP contribution in [-0.2, 0) is 9.47 Å². The molecular formula is C16H19F2N3O2. The first-order valence-corrected chi connectivity index (χ1v) is 7.59. The second kappa shape index (κ2) is 7.14. The number of benzene rings is 1. The normalized spacial score (nSPS) is 18.8. The third kappa shape index (κ3) is 3.40. The molecule has 0 saturated carbocycles. The monoisotopic (exact) mass is 323 g/mol. The van der Waals surface area contributed by atoms with Crippen LogP contribution in [0, 0.1) is 0 Å². The number of rotatable bonds is 5. The minimum Gasteiger partial charge on any atom is -0.385 e. The second-order valence-electron chi connectivity index (χ2n) is 5.43. The fourth-order valence-electron chi connectivity index (χ4n) is 2.82. The summed E-state index contributed by atoms with van der Waals surface area (Å²) < 4.78 is 37.0. The van der Waals surface area contributed by atoms with E-state index < -0.39 is 12.2 Å². The summed E-state index contributed by atoms with van der Waals surface area (Å²) in [6.45, 7) is 2.27. The molecule has 1 fully saturated rings. The van der Waals surface area contributed by atoms with E-state index in [4.69, 9.17) is 9.47 Å². The van der Waals surface area contributed by atoms with Gasteiger partial charge in [-0.3, -0.25) is 0 Å². The molecule has 0 unspecified atom stereocenters. The largest absolute Gasteiger partial charge is 0.385 e. The van der Waals surface area contributed by atoms with E-state index in [0.29, 0.717) is 37.7 Å². The van der Waals surface area contributed by atoms with E-state index in [9.17, 15) is 8.78 Å². The van der Waals surface area contributed by atoms with Crippen molar-refractivity contribution in [2.24, 2.45) is 0 Å². The number of nitrogens with zero attached hydrogens (tertiary/aromatic N) is 3. The fraction of sp³-hybridized carbons (Fsp3) is 0.500. The summed E-state index contributed by atoms with van der Waals surface area (Å²) in [5.74, 6) is 0.117. The Morgan fingerprint density at radius 3 is 2.96 bits per heavy atom. The van der Waals surface area contributed by atoms with Crippen LogP contribution in [0.1, 0.15) is 18.7 Å². The molecule has 2 aromatic rings. The van der Waals surface area contributed by atoms with Crippen molar-refractivity contribution in [2.75, 3.05) is 38.4 Å². The summed E-state index contributed by atoms with van der Waals surface area (Å²) in [5.41, 5.74) is 0.532. The van der Waals surface area contributed by atoms with E-state index in [-0.39, 0.29) is 6.04 Å². The minimum absolute atomic E-state index is 0.0486. The van der Waals surface area contributed by atoms with Crippen LogP contribution < -0.4 is 4.90 Å². The summed E-state index contributed by atoms with van der Waals surface area (Å²) in [4.78, 5) is 10.2. The van der Waals surface area contributed by atoms with Gasteiger partial charge < -0.3 is 14.4 Å². The highest BCUT2D eigenvalue weighted by Crippen LogP contribution is 2.29. The van der Waals surface area contributed by atoms with Crippen LogP contribution in [-0.4, -0.2) is 49.5 Å². The zero-order valence-electron chi connectivity index (χ0n) is 12.9. The Kier molecular flexibility index (Phi) is 4.97. The minimum atomic E-state index is -2.70. The Morgan fingerprint density at radius 2 is 2.17 bits per heavy atom. The highest BCUT2D eigenvalue weighted by atomic mass is 19.3. The first kappa shape index (κ1) is 16.0. The molecule has 0 aliphatic carbocycles. The van der Waals surface area contributed by atoms with Crippen LogP contribution in [0.25, 0.3) is 10.9 Å². The van der Waals surface area contributed by atoms with E-state index in [2.05, 4.69) is 9.97 Å². The lowest BCUT2D eigenvalue weighted by Crippen LogP contribution is -2.46. The van der Waals surface area contributed by atoms with Crippen LogP contribution in [0.5, 0.6) is 0 Å². The molecule has 1 aromatic carbocycles. The lowest BCUT2D eigenvalue weighted by Gasteiger charge is -2.37. The molecule has 0 bridgehead atoms. The van der Waals surface area contributed by atoms with Crippen molar-refractivity contribution < 1.29 is 18.3 Å². The third-order valence-electron chi connectivity index (χ3n) is 3.95. The summed E-state index contributed by atoms with van der Waals surface area (Å²) in [7, 11) is 1.64. The number of aromatic nitrogens is 2. The van der Waals surface area contributed by atoms with E-state index in [1.54, 1.807) is 19.2 Å². The zero-order chi connectivity index (χ0) is 16.2. The first-order valence-electron chi connectivity index (χ1n) is 7.59. The van der Waals surface area contributed by atoms with Gasteiger partial charge in [0.1, 0.15) is 5.82 Å². The highest BCUT2D eigenvalue weighted by Gasteiger charge is 2.27. The zero-order valence-corrected chi connectivity index (χ0v) is 12.9. The lowest BCUT2D eigenvalue weighted by molar-refractivity contribution is 0.0793. The van der Waals surface area contributed by atoms with Gasteiger partial charge in [0.15, 0.2) is 5.82 Å². The molecule has 3 rings (SSSR count). The van der Waals surface area contributed by atoms with Crippen LogP contribution in [0.15, 0.2) is 24.3 Å². The maximum Gasteiger partial charge on any atom is 0.297 e. The average Bonchev–Trinajstić information content (AvgIpc) is 2.59. The van der Waals surface area contributed by atoms with Crippen LogP contribution in [0.4, 0.5) is 14.6 Å². The van der Waals surface area contributed by atoms with Gasteiger partial charge in [-0.1, -0.05) is 12.1 Å². The van der Waals surface area contributed by atoms with E-state index in [1.165, 1.54) is 0 Å². The predicted octanol–water partition coefficient (Wildman–Crippen LogP) is 2.81. The molecule has 1 saturated heterocycles. The number of anilines is 1. The van der Waals surface area contributed by atoms with Gasteiger partial charge in [0.25, 0.3) is 6.43 Å². The summed E-state index contributed by atoms with van der Waals surface area (Å²) in [6, 6.07) is 7.30. The Bertz CT molecular complexity index is 669. The Balaban J connectivity index is 2.05. The molecule has 1 aliphatic heterocycles. The standard InChI is InChI=1S/C16H19F2N3O2/c1-22-8-6-11-10-23-9-7-21(11)16-12-4-2-3-5-13(12)19-15(20-16)14(17)18/h2-5,11,14H,6-10H2,1H3/t11-/m0/s1. The lowest BCUT2D eigenvalue weighted by atomic mass is 10.1. The van der Waals surface area contributed by atoms with Gasteiger partial charge in [0, 0.05) is 25.6 Å². The van der Waals surface area contributed by atoms with Gasteiger partial charge in [-0.2, -0.15) is 0 Å². The van der Waals surface area contributed by atoms with Crippen LogP contribution in [0.3, 0.4) is 0 Å². The summed E-state index contributed by atoms with van der Waals surface area (Å²) in [5, 5.41) is 0.779. The van der Waals surface area contributed by atoms with Crippen molar-refractivity contribution in [1.82, 2.24) is 9.97 Å². The Morgan fingerprint density at radius 1 is 1.35 bits per heavy atom. The van der Waals surface area contributed by atoms with Crippen molar-refractivity contribution in [3.63, 3.8) is 0 Å². The van der Waals surface area contributed by atoms with Gasteiger partial charge in [0.2, 0.25) is 0 Å². The van der Waals surface area contributed by atoms with Gasteiger partial charge in [-0.05, 0) is 18.6 Å². The van der Waals surface area contributed by atoms with E-state index in [0.717, 1.165) is 11.8 Å². The van der Waals surface area contributed by atoms with E-state index in [1.807, 2.05) is 17.0 Å². The molecule has 5 nitrogen and oxygen atoms in total. The van der Waals surface area contributed by atoms with Gasteiger partial charge in [0.05, 0.1) is 24.8 Å². The topological polar surface area (TPSA) is 47.5 Å².